The summed E-state index contributed by atoms with van der Waals surface area (Å²) in [6.45, 7) is 5.02. The summed E-state index contributed by atoms with van der Waals surface area (Å²) < 4.78 is 6.07. The highest BCUT2D eigenvalue weighted by Crippen LogP contribution is 2.32. The molecule has 0 bridgehead atoms. The fraction of sp³-hybridized carbons (Fsp3) is 0.556. The van der Waals surface area contributed by atoms with Crippen LogP contribution in [-0.2, 0) is 4.74 Å². The molecular formula is C18H28N2O. The highest BCUT2D eigenvalue weighted by atomic mass is 16.5. The Labute approximate surface area is 128 Å². The molecule has 0 saturated carbocycles. The lowest BCUT2D eigenvalue weighted by Gasteiger charge is -2.27. The van der Waals surface area contributed by atoms with E-state index < -0.39 is 0 Å². The maximum absolute atomic E-state index is 6.28. The highest BCUT2D eigenvalue weighted by molar-refractivity contribution is 5.46. The van der Waals surface area contributed by atoms with Crippen molar-refractivity contribution in [2.75, 3.05) is 6.54 Å². The summed E-state index contributed by atoms with van der Waals surface area (Å²) >= 11 is 0. The molecule has 0 radical (unpaired) electrons. The largest absolute Gasteiger partial charge is 0.487 e. The number of fused-ring (bicyclic) bond motifs is 1. The van der Waals surface area contributed by atoms with Crippen molar-refractivity contribution in [3.8, 4) is 0 Å². The van der Waals surface area contributed by atoms with Gasteiger partial charge in [0, 0.05) is 12.5 Å². The molecule has 2 aliphatic carbocycles. The van der Waals surface area contributed by atoms with E-state index >= 15 is 0 Å². The van der Waals surface area contributed by atoms with E-state index in [0.717, 1.165) is 30.7 Å². The third-order valence-electron chi connectivity index (χ3n) is 4.49. The lowest BCUT2D eigenvalue weighted by Crippen LogP contribution is -2.26. The van der Waals surface area contributed by atoms with E-state index in [9.17, 15) is 0 Å². The van der Waals surface area contributed by atoms with Gasteiger partial charge in [0.15, 0.2) is 0 Å². The van der Waals surface area contributed by atoms with Crippen LogP contribution in [0.2, 0.25) is 0 Å². The summed E-state index contributed by atoms with van der Waals surface area (Å²) in [6.07, 6.45) is 14.9. The average Bonchev–Trinajstić information content (AvgIpc) is 2.53. The quantitative estimate of drug-likeness (QED) is 0.754. The van der Waals surface area contributed by atoms with E-state index in [4.69, 9.17) is 16.2 Å². The first-order valence-electron chi connectivity index (χ1n) is 8.07. The molecule has 0 aromatic heterocycles. The zero-order chi connectivity index (χ0) is 15.2. The summed E-state index contributed by atoms with van der Waals surface area (Å²) in [5.41, 5.74) is 14.1. The van der Waals surface area contributed by atoms with Gasteiger partial charge in [-0.25, -0.2) is 0 Å². The molecule has 3 nitrogen and oxygen atoms in total. The van der Waals surface area contributed by atoms with Crippen LogP contribution < -0.4 is 11.5 Å². The topological polar surface area (TPSA) is 61.3 Å². The Morgan fingerprint density at radius 1 is 1.38 bits per heavy atom. The zero-order valence-corrected chi connectivity index (χ0v) is 13.2. The number of rotatable bonds is 7. The molecular weight excluding hydrogens is 260 g/mol. The number of hydrogen-bond acceptors (Lipinski definition) is 3. The van der Waals surface area contributed by atoms with Crippen molar-refractivity contribution in [2.45, 2.75) is 45.6 Å². The van der Waals surface area contributed by atoms with Gasteiger partial charge in [-0.05, 0) is 36.8 Å². The van der Waals surface area contributed by atoms with Crippen molar-refractivity contribution in [2.24, 2.45) is 23.3 Å². The maximum Gasteiger partial charge on any atom is 0.142 e. The van der Waals surface area contributed by atoms with Crippen LogP contribution in [0, 0.1) is 11.8 Å². The molecule has 4 N–H and O–H groups in total. The van der Waals surface area contributed by atoms with Gasteiger partial charge in [-0.3, -0.25) is 0 Å². The molecule has 0 aromatic carbocycles. The Balaban J connectivity index is 2.01. The van der Waals surface area contributed by atoms with E-state index in [-0.39, 0.29) is 6.10 Å². The summed E-state index contributed by atoms with van der Waals surface area (Å²) in [7, 11) is 0. The van der Waals surface area contributed by atoms with Gasteiger partial charge in [-0.2, -0.15) is 0 Å². The van der Waals surface area contributed by atoms with Crippen LogP contribution in [0.5, 0.6) is 0 Å². The molecule has 3 atom stereocenters. The number of nitrogens with two attached hydrogens (primary N) is 2. The number of hydrogen-bond donors (Lipinski definition) is 2. The van der Waals surface area contributed by atoms with Crippen LogP contribution >= 0.6 is 0 Å². The maximum atomic E-state index is 6.28. The first kappa shape index (κ1) is 15.9. The molecule has 0 amide bonds. The molecule has 0 heterocycles. The average molecular weight is 288 g/mol. The highest BCUT2D eigenvalue weighted by Gasteiger charge is 2.23. The zero-order valence-electron chi connectivity index (χ0n) is 13.2. The van der Waals surface area contributed by atoms with E-state index in [1.165, 1.54) is 12.0 Å². The van der Waals surface area contributed by atoms with Crippen LogP contribution in [0.25, 0.3) is 0 Å². The van der Waals surface area contributed by atoms with Crippen LogP contribution in [0.15, 0.2) is 47.4 Å². The number of allylic oxidation sites excluding steroid dienone is 6. The molecule has 2 aliphatic rings. The van der Waals surface area contributed by atoms with Crippen molar-refractivity contribution in [1.82, 2.24) is 0 Å². The number of ether oxygens (including phenoxy) is 1. The third kappa shape index (κ3) is 4.01. The van der Waals surface area contributed by atoms with E-state index in [1.54, 1.807) is 0 Å². The summed E-state index contributed by atoms with van der Waals surface area (Å²) in [5, 5.41) is 0. The Kier molecular flexibility index (Phi) is 5.68. The van der Waals surface area contributed by atoms with Crippen molar-refractivity contribution >= 4 is 0 Å². The van der Waals surface area contributed by atoms with Crippen LogP contribution in [0.1, 0.15) is 39.5 Å². The predicted octanol–water partition coefficient (Wildman–Crippen LogP) is 3.40. The molecule has 116 valence electrons. The van der Waals surface area contributed by atoms with Crippen molar-refractivity contribution in [3.63, 3.8) is 0 Å². The Bertz CT molecular complexity index is 474. The smallest absolute Gasteiger partial charge is 0.142 e. The van der Waals surface area contributed by atoms with Gasteiger partial charge in [0.1, 0.15) is 11.9 Å². The molecule has 0 fully saturated rings. The standard InChI is InChI=1S/C18H28N2O/c1-3-13(2)8-10-15(12-19)21-17-11-9-14-6-4-5-7-16(14)18(17)20/h4-5,7,9,11,13-15H,3,6,8,10,12,19-20H2,1-2H3. The Morgan fingerprint density at radius 3 is 2.90 bits per heavy atom. The first-order chi connectivity index (χ1) is 10.2. The van der Waals surface area contributed by atoms with Crippen molar-refractivity contribution in [1.29, 1.82) is 0 Å². The van der Waals surface area contributed by atoms with Gasteiger partial charge >= 0.3 is 0 Å². The minimum Gasteiger partial charge on any atom is -0.487 e. The molecule has 2 rings (SSSR count). The summed E-state index contributed by atoms with van der Waals surface area (Å²) in [5.74, 6) is 1.90. The van der Waals surface area contributed by atoms with Crippen molar-refractivity contribution < 1.29 is 4.74 Å². The van der Waals surface area contributed by atoms with Gasteiger partial charge < -0.3 is 16.2 Å². The summed E-state index contributed by atoms with van der Waals surface area (Å²) in [6, 6.07) is 0. The van der Waals surface area contributed by atoms with E-state index in [0.29, 0.717) is 18.4 Å². The van der Waals surface area contributed by atoms with E-state index in [2.05, 4.69) is 38.2 Å². The fourth-order valence-electron chi connectivity index (χ4n) is 2.74. The second-order valence-corrected chi connectivity index (χ2v) is 6.10. The van der Waals surface area contributed by atoms with Crippen LogP contribution in [0.3, 0.4) is 0 Å². The second-order valence-electron chi connectivity index (χ2n) is 6.10. The molecule has 0 saturated heterocycles. The van der Waals surface area contributed by atoms with Gasteiger partial charge in [0.2, 0.25) is 0 Å². The first-order valence-corrected chi connectivity index (χ1v) is 8.07. The lowest BCUT2D eigenvalue weighted by atomic mass is 9.85. The van der Waals surface area contributed by atoms with Gasteiger partial charge in [0.05, 0.1) is 5.70 Å². The fourth-order valence-corrected chi connectivity index (χ4v) is 2.74. The van der Waals surface area contributed by atoms with Crippen molar-refractivity contribution in [3.05, 3.63) is 47.4 Å². The summed E-state index contributed by atoms with van der Waals surface area (Å²) in [4.78, 5) is 0. The minimum absolute atomic E-state index is 0.0495. The van der Waals surface area contributed by atoms with Gasteiger partial charge in [-0.1, -0.05) is 44.6 Å². The third-order valence-corrected chi connectivity index (χ3v) is 4.49. The lowest BCUT2D eigenvalue weighted by molar-refractivity contribution is 0.114. The normalized spacial score (nSPS) is 23.6. The van der Waals surface area contributed by atoms with Gasteiger partial charge in [-0.15, -0.1) is 0 Å². The molecule has 3 unspecified atom stereocenters. The molecule has 0 aliphatic heterocycles. The SMILES string of the molecule is CCC(C)CCC(CN)OC1=C(N)C2=CC=CCC2C=C1. The Hall–Kier alpha value is -1.48. The van der Waals surface area contributed by atoms with Crippen LogP contribution in [0.4, 0.5) is 0 Å². The predicted molar refractivity (Wildman–Crippen MR) is 88.3 cm³/mol. The molecule has 0 aromatic rings. The van der Waals surface area contributed by atoms with Crippen LogP contribution in [-0.4, -0.2) is 12.6 Å². The molecule has 0 spiro atoms. The second kappa shape index (κ2) is 7.51. The van der Waals surface area contributed by atoms with E-state index in [1.807, 2.05) is 6.08 Å². The monoisotopic (exact) mass is 288 g/mol. The van der Waals surface area contributed by atoms with Gasteiger partial charge in [0.25, 0.3) is 0 Å². The molecule has 3 heteroatoms. The molecule has 21 heavy (non-hydrogen) atoms. The minimum atomic E-state index is 0.0495. The Morgan fingerprint density at radius 2 is 2.19 bits per heavy atom.